The molecule has 1 amide bonds. The molecule has 6 nitrogen and oxygen atoms in total. The summed E-state index contributed by atoms with van der Waals surface area (Å²) in [4.78, 5) is 21.4. The summed E-state index contributed by atoms with van der Waals surface area (Å²) in [6.07, 6.45) is 8.03. The number of aromatic nitrogens is 2. The van der Waals surface area contributed by atoms with Crippen molar-refractivity contribution < 1.29 is 9.53 Å². The molecule has 1 heterocycles. The topological polar surface area (TPSA) is 76.1 Å². The number of hydrogen-bond acceptors (Lipinski definition) is 6. The van der Waals surface area contributed by atoms with Crippen molar-refractivity contribution in [1.29, 1.82) is 0 Å². The first-order chi connectivity index (χ1) is 10.4. The number of nitrogens with zero attached hydrogens (tertiary/aromatic N) is 2. The Hall–Kier alpha value is -1.50. The molecule has 0 aliphatic heterocycles. The molecule has 0 bridgehead atoms. The van der Waals surface area contributed by atoms with E-state index in [2.05, 4.69) is 20.6 Å². The third-order valence-corrected chi connectivity index (χ3v) is 4.03. The molecule has 122 valence electrons. The monoisotopic (exact) mass is 324 g/mol. The molecule has 2 atom stereocenters. The fourth-order valence-corrected chi connectivity index (χ4v) is 2.71. The summed E-state index contributed by atoms with van der Waals surface area (Å²) in [6.45, 7) is 5.59. The van der Waals surface area contributed by atoms with E-state index in [1.807, 2.05) is 39.4 Å². The fourth-order valence-electron chi connectivity index (χ4n) is 2.40. The molecule has 7 heteroatoms. The third kappa shape index (κ3) is 5.36. The van der Waals surface area contributed by atoms with Gasteiger partial charge in [-0.05, 0) is 46.3 Å². The number of amides is 1. The van der Waals surface area contributed by atoms with Gasteiger partial charge in [0.2, 0.25) is 5.95 Å². The molecule has 2 N–H and O–H groups in total. The van der Waals surface area contributed by atoms with Crippen LogP contribution in [0, 0.1) is 0 Å². The lowest BCUT2D eigenvalue weighted by Gasteiger charge is -2.21. The summed E-state index contributed by atoms with van der Waals surface area (Å²) < 4.78 is 5.28. The highest BCUT2D eigenvalue weighted by atomic mass is 32.2. The molecule has 1 saturated carbocycles. The Balaban J connectivity index is 1.78. The molecule has 1 fully saturated rings. The summed E-state index contributed by atoms with van der Waals surface area (Å²) >= 11 is 1.62. The minimum atomic E-state index is -0.465. The number of alkyl carbamates (subject to hydrolysis) is 1. The van der Waals surface area contributed by atoms with Gasteiger partial charge in [-0.2, -0.15) is 0 Å². The molecule has 1 aliphatic carbocycles. The molecule has 0 unspecified atom stereocenters. The van der Waals surface area contributed by atoms with Crippen LogP contribution in [0.25, 0.3) is 0 Å². The van der Waals surface area contributed by atoms with Crippen molar-refractivity contribution in [3.8, 4) is 0 Å². The van der Waals surface area contributed by atoms with E-state index in [0.717, 1.165) is 24.2 Å². The average Bonchev–Trinajstić information content (AvgIpc) is 2.84. The summed E-state index contributed by atoms with van der Waals surface area (Å²) in [5.74, 6) is 0.640. The number of rotatable bonds is 4. The zero-order valence-electron chi connectivity index (χ0n) is 13.5. The van der Waals surface area contributed by atoms with Crippen LogP contribution in [0.3, 0.4) is 0 Å². The second kappa shape index (κ2) is 7.17. The largest absolute Gasteiger partial charge is 0.444 e. The predicted molar refractivity (Wildman–Crippen MR) is 88.2 cm³/mol. The Kier molecular flexibility index (Phi) is 5.50. The van der Waals surface area contributed by atoms with Crippen LogP contribution in [-0.2, 0) is 4.74 Å². The maximum atomic E-state index is 11.8. The van der Waals surface area contributed by atoms with Crippen molar-refractivity contribution in [2.45, 2.75) is 62.6 Å². The molecular formula is C15H24N4O2S. The van der Waals surface area contributed by atoms with Gasteiger partial charge in [0.1, 0.15) is 5.60 Å². The summed E-state index contributed by atoms with van der Waals surface area (Å²) in [5, 5.41) is 6.24. The van der Waals surface area contributed by atoms with Crippen LogP contribution in [0.4, 0.5) is 10.7 Å². The van der Waals surface area contributed by atoms with Gasteiger partial charge >= 0.3 is 6.09 Å². The minimum absolute atomic E-state index is 0.137. The summed E-state index contributed by atoms with van der Waals surface area (Å²) in [7, 11) is 0. The van der Waals surface area contributed by atoms with E-state index in [4.69, 9.17) is 4.74 Å². The molecular weight excluding hydrogens is 300 g/mol. The number of ether oxygens (including phenoxy) is 1. The number of hydrogen-bond donors (Lipinski definition) is 2. The smallest absolute Gasteiger partial charge is 0.407 e. The van der Waals surface area contributed by atoms with E-state index in [-0.39, 0.29) is 18.2 Å². The van der Waals surface area contributed by atoms with Crippen LogP contribution < -0.4 is 10.6 Å². The van der Waals surface area contributed by atoms with Gasteiger partial charge in [-0.3, -0.25) is 0 Å². The van der Waals surface area contributed by atoms with Gasteiger partial charge in [-0.15, -0.1) is 11.8 Å². The molecule has 0 saturated heterocycles. The zero-order valence-corrected chi connectivity index (χ0v) is 14.4. The van der Waals surface area contributed by atoms with Crippen molar-refractivity contribution in [3.63, 3.8) is 0 Å². The maximum Gasteiger partial charge on any atom is 0.407 e. The molecule has 1 aromatic rings. The fraction of sp³-hybridized carbons (Fsp3) is 0.667. The quantitative estimate of drug-likeness (QED) is 0.829. The Morgan fingerprint density at radius 3 is 2.50 bits per heavy atom. The number of anilines is 1. The number of nitrogens with one attached hydrogen (secondary N) is 2. The van der Waals surface area contributed by atoms with Crippen molar-refractivity contribution >= 4 is 23.8 Å². The van der Waals surface area contributed by atoms with Crippen LogP contribution >= 0.6 is 11.8 Å². The van der Waals surface area contributed by atoms with Gasteiger partial charge in [-0.1, -0.05) is 0 Å². The Labute approximate surface area is 135 Å². The lowest BCUT2D eigenvalue weighted by molar-refractivity contribution is 0.0505. The number of thioether (sulfide) groups is 1. The second-order valence-electron chi connectivity index (χ2n) is 6.44. The van der Waals surface area contributed by atoms with E-state index >= 15 is 0 Å². The first kappa shape index (κ1) is 16.9. The van der Waals surface area contributed by atoms with Crippen molar-refractivity contribution in [2.75, 3.05) is 11.6 Å². The van der Waals surface area contributed by atoms with Crippen LogP contribution in [-0.4, -0.2) is 40.0 Å². The van der Waals surface area contributed by atoms with Gasteiger partial charge in [0.05, 0.1) is 0 Å². The zero-order chi connectivity index (χ0) is 16.2. The van der Waals surface area contributed by atoms with E-state index in [0.29, 0.717) is 5.95 Å². The van der Waals surface area contributed by atoms with Gasteiger partial charge in [0.15, 0.2) is 0 Å². The van der Waals surface area contributed by atoms with Crippen LogP contribution in [0.15, 0.2) is 17.3 Å². The molecule has 0 radical (unpaired) electrons. The first-order valence-electron chi connectivity index (χ1n) is 7.48. The van der Waals surface area contributed by atoms with Crippen LogP contribution in [0.1, 0.15) is 40.0 Å². The molecule has 2 rings (SSSR count). The minimum Gasteiger partial charge on any atom is -0.444 e. The third-order valence-electron chi connectivity index (χ3n) is 3.35. The lowest BCUT2D eigenvalue weighted by atomic mass is 10.2. The molecule has 0 aromatic carbocycles. The van der Waals surface area contributed by atoms with Crippen LogP contribution in [0.5, 0.6) is 0 Å². The second-order valence-corrected chi connectivity index (χ2v) is 7.32. The molecule has 1 aliphatic rings. The summed E-state index contributed by atoms with van der Waals surface area (Å²) in [5.41, 5.74) is -0.465. The predicted octanol–water partition coefficient (Wildman–Crippen LogP) is 3.06. The molecule has 22 heavy (non-hydrogen) atoms. The van der Waals surface area contributed by atoms with Crippen molar-refractivity contribution in [1.82, 2.24) is 15.3 Å². The highest BCUT2D eigenvalue weighted by Crippen LogP contribution is 2.22. The van der Waals surface area contributed by atoms with E-state index in [1.54, 1.807) is 11.8 Å². The van der Waals surface area contributed by atoms with Crippen molar-refractivity contribution in [3.05, 3.63) is 12.4 Å². The average molecular weight is 324 g/mol. The number of carbonyl (C=O) groups is 1. The molecule has 1 aromatic heterocycles. The van der Waals surface area contributed by atoms with E-state index in [1.165, 1.54) is 0 Å². The highest BCUT2D eigenvalue weighted by molar-refractivity contribution is 7.98. The van der Waals surface area contributed by atoms with Gasteiger partial charge < -0.3 is 15.4 Å². The SMILES string of the molecule is CSc1cnc(N[C@H]2CC[C@H](NC(=O)OC(C)(C)C)C2)nc1. The van der Waals surface area contributed by atoms with Gasteiger partial charge in [-0.25, -0.2) is 14.8 Å². The normalized spacial score (nSPS) is 21.5. The van der Waals surface area contributed by atoms with Crippen LogP contribution in [0.2, 0.25) is 0 Å². The van der Waals surface area contributed by atoms with E-state index < -0.39 is 5.60 Å². The van der Waals surface area contributed by atoms with E-state index in [9.17, 15) is 4.79 Å². The van der Waals surface area contributed by atoms with Gasteiger partial charge in [0.25, 0.3) is 0 Å². The Morgan fingerprint density at radius 2 is 1.91 bits per heavy atom. The molecule has 0 spiro atoms. The lowest BCUT2D eigenvalue weighted by Crippen LogP contribution is -2.38. The van der Waals surface area contributed by atoms with Crippen molar-refractivity contribution in [2.24, 2.45) is 0 Å². The Bertz CT molecular complexity index is 501. The highest BCUT2D eigenvalue weighted by Gasteiger charge is 2.28. The first-order valence-corrected chi connectivity index (χ1v) is 8.70. The maximum absolute atomic E-state index is 11.8. The Morgan fingerprint density at radius 1 is 1.27 bits per heavy atom. The number of carbonyl (C=O) groups excluding carboxylic acids is 1. The van der Waals surface area contributed by atoms with Gasteiger partial charge in [0, 0.05) is 29.4 Å². The summed E-state index contributed by atoms with van der Waals surface area (Å²) in [6, 6.07) is 0.415. The standard InChI is InChI=1S/C15H24N4O2S/c1-15(2,3)21-14(20)19-11-6-5-10(7-11)18-13-16-8-12(22-4)9-17-13/h8-11H,5-7H2,1-4H3,(H,19,20)(H,16,17,18)/t10-,11-/m0/s1.